The largest absolute Gasteiger partial charge is 0.314 e. The Morgan fingerprint density at radius 3 is 2.89 bits per heavy atom. The second-order valence-corrected chi connectivity index (χ2v) is 6.74. The number of rotatable bonds is 7. The van der Waals surface area contributed by atoms with Crippen LogP contribution in [0.1, 0.15) is 43.2 Å². The Morgan fingerprint density at radius 1 is 1.11 bits per heavy atom. The van der Waals surface area contributed by atoms with Crippen LogP contribution < -0.4 is 5.32 Å². The normalized spacial score (nSPS) is 18.0. The maximum Gasteiger partial charge on any atom is 0.00748 e. The van der Waals surface area contributed by atoms with Gasteiger partial charge in [-0.25, -0.2) is 0 Å². The first kappa shape index (κ1) is 12.6. The molecule has 1 fully saturated rings. The molecule has 0 bridgehead atoms. The average molecular weight is 261 g/mol. The maximum absolute atomic E-state index is 3.58. The molecule has 1 aromatic carbocycles. The van der Waals surface area contributed by atoms with Crippen molar-refractivity contribution in [2.24, 2.45) is 0 Å². The van der Waals surface area contributed by atoms with Gasteiger partial charge >= 0.3 is 0 Å². The zero-order valence-corrected chi connectivity index (χ0v) is 11.9. The predicted molar refractivity (Wildman–Crippen MR) is 79.4 cm³/mol. The smallest absolute Gasteiger partial charge is 0.00748 e. The van der Waals surface area contributed by atoms with Gasteiger partial charge in [-0.3, -0.25) is 0 Å². The van der Waals surface area contributed by atoms with E-state index in [0.29, 0.717) is 0 Å². The van der Waals surface area contributed by atoms with Crippen molar-refractivity contribution < 1.29 is 0 Å². The lowest BCUT2D eigenvalue weighted by atomic mass is 10.1. The van der Waals surface area contributed by atoms with Crippen molar-refractivity contribution >= 4 is 11.8 Å². The Bertz CT molecular complexity index is 398. The molecule has 0 amide bonds. The summed E-state index contributed by atoms with van der Waals surface area (Å²) in [5, 5.41) is 3.58. The van der Waals surface area contributed by atoms with Crippen molar-refractivity contribution in [1.82, 2.24) is 5.32 Å². The van der Waals surface area contributed by atoms with E-state index >= 15 is 0 Å². The van der Waals surface area contributed by atoms with Crippen LogP contribution in [0.15, 0.2) is 23.1 Å². The fraction of sp³-hybridized carbons (Fsp3) is 0.625. The summed E-state index contributed by atoms with van der Waals surface area (Å²) in [7, 11) is 0. The fourth-order valence-electron chi connectivity index (χ4n) is 2.65. The first-order valence-electron chi connectivity index (χ1n) is 7.40. The van der Waals surface area contributed by atoms with Gasteiger partial charge in [-0.1, -0.05) is 6.07 Å². The van der Waals surface area contributed by atoms with E-state index in [-0.39, 0.29) is 0 Å². The van der Waals surface area contributed by atoms with Crippen LogP contribution in [0.3, 0.4) is 0 Å². The third-order valence-corrected chi connectivity index (χ3v) is 5.00. The molecular weight excluding hydrogens is 238 g/mol. The van der Waals surface area contributed by atoms with Crippen molar-refractivity contribution in [2.75, 3.05) is 12.3 Å². The van der Waals surface area contributed by atoms with E-state index < -0.39 is 0 Å². The highest BCUT2D eigenvalue weighted by molar-refractivity contribution is 7.99. The Morgan fingerprint density at radius 2 is 2.00 bits per heavy atom. The third-order valence-electron chi connectivity index (χ3n) is 3.92. The topological polar surface area (TPSA) is 12.0 Å². The lowest BCUT2D eigenvalue weighted by molar-refractivity contribution is 0.640. The Labute approximate surface area is 115 Å². The van der Waals surface area contributed by atoms with Crippen LogP contribution in [0.4, 0.5) is 0 Å². The van der Waals surface area contributed by atoms with Crippen LogP contribution in [0.25, 0.3) is 0 Å². The number of hydrogen-bond acceptors (Lipinski definition) is 2. The number of unbranched alkanes of at least 4 members (excludes halogenated alkanes) is 1. The molecule has 0 aromatic heterocycles. The summed E-state index contributed by atoms with van der Waals surface area (Å²) in [5.41, 5.74) is 3.20. The molecule has 2 heteroatoms. The first-order valence-corrected chi connectivity index (χ1v) is 8.38. The van der Waals surface area contributed by atoms with E-state index in [1.165, 1.54) is 62.1 Å². The summed E-state index contributed by atoms with van der Waals surface area (Å²) >= 11 is 2.03. The predicted octanol–water partition coefficient (Wildman–Crippen LogP) is 3.80. The second-order valence-electron chi connectivity index (χ2n) is 5.57. The molecule has 1 N–H and O–H groups in total. The second kappa shape index (κ2) is 6.12. The number of fused-ring (bicyclic) bond motifs is 1. The first-order chi connectivity index (χ1) is 8.92. The molecule has 1 aromatic rings. The Kier molecular flexibility index (Phi) is 4.27. The summed E-state index contributed by atoms with van der Waals surface area (Å²) in [5.74, 6) is 1.27. The van der Waals surface area contributed by atoms with Gasteiger partial charge in [-0.05, 0) is 80.5 Å². The van der Waals surface area contributed by atoms with Gasteiger partial charge < -0.3 is 5.32 Å². The van der Waals surface area contributed by atoms with Crippen LogP contribution >= 0.6 is 11.8 Å². The molecular formula is C16H23NS. The molecule has 1 nitrogen and oxygen atoms in total. The number of thioether (sulfide) groups is 1. The highest BCUT2D eigenvalue weighted by Gasteiger charge is 2.19. The zero-order chi connectivity index (χ0) is 12.2. The molecule has 0 aliphatic heterocycles. The molecule has 0 atom stereocenters. The summed E-state index contributed by atoms with van der Waals surface area (Å²) in [6.45, 7) is 1.22. The molecule has 0 heterocycles. The van der Waals surface area contributed by atoms with E-state index in [4.69, 9.17) is 0 Å². The number of hydrogen-bond donors (Lipinski definition) is 1. The van der Waals surface area contributed by atoms with Gasteiger partial charge in [-0.2, -0.15) is 0 Å². The molecule has 18 heavy (non-hydrogen) atoms. The highest BCUT2D eigenvalue weighted by atomic mass is 32.2. The van der Waals surface area contributed by atoms with E-state index in [9.17, 15) is 0 Å². The van der Waals surface area contributed by atoms with Gasteiger partial charge in [0.05, 0.1) is 0 Å². The van der Waals surface area contributed by atoms with Crippen LogP contribution in [0.2, 0.25) is 0 Å². The van der Waals surface area contributed by atoms with Crippen molar-refractivity contribution in [3.05, 3.63) is 29.3 Å². The average Bonchev–Trinajstić information content (AvgIpc) is 3.09. The standard InChI is InChI=1S/C16H23NS/c1(10-17-15-7-8-15)2-11-18-16-9-6-13-4-3-5-14(13)12-16/h6,9,12,15,17H,1-5,7-8,10-11H2. The van der Waals surface area contributed by atoms with Crippen molar-refractivity contribution in [1.29, 1.82) is 0 Å². The van der Waals surface area contributed by atoms with Gasteiger partial charge in [0.2, 0.25) is 0 Å². The lowest BCUT2D eigenvalue weighted by Gasteiger charge is -2.05. The van der Waals surface area contributed by atoms with Crippen LogP contribution in [0.5, 0.6) is 0 Å². The van der Waals surface area contributed by atoms with Crippen molar-refractivity contribution in [2.45, 2.75) is 55.9 Å². The summed E-state index contributed by atoms with van der Waals surface area (Å²) in [4.78, 5) is 1.48. The molecule has 2 aliphatic carbocycles. The highest BCUT2D eigenvalue weighted by Crippen LogP contribution is 2.28. The maximum atomic E-state index is 3.58. The van der Waals surface area contributed by atoms with Gasteiger partial charge in [0, 0.05) is 10.9 Å². The van der Waals surface area contributed by atoms with Gasteiger partial charge in [-0.15, -0.1) is 11.8 Å². The quantitative estimate of drug-likeness (QED) is 0.592. The summed E-state index contributed by atoms with van der Waals surface area (Å²) < 4.78 is 0. The monoisotopic (exact) mass is 261 g/mol. The molecule has 1 saturated carbocycles. The van der Waals surface area contributed by atoms with Gasteiger partial charge in [0.25, 0.3) is 0 Å². The van der Waals surface area contributed by atoms with Crippen molar-refractivity contribution in [3.8, 4) is 0 Å². The molecule has 0 unspecified atom stereocenters. The van der Waals surface area contributed by atoms with E-state index in [1.54, 1.807) is 11.1 Å². The lowest BCUT2D eigenvalue weighted by Crippen LogP contribution is -2.17. The molecule has 2 aliphatic rings. The fourth-order valence-corrected chi connectivity index (χ4v) is 3.62. The van der Waals surface area contributed by atoms with Crippen molar-refractivity contribution in [3.63, 3.8) is 0 Å². The summed E-state index contributed by atoms with van der Waals surface area (Å²) in [6, 6.07) is 7.96. The third kappa shape index (κ3) is 3.52. The Balaban J connectivity index is 1.34. The van der Waals surface area contributed by atoms with E-state index in [2.05, 4.69) is 23.5 Å². The number of benzene rings is 1. The molecule has 0 saturated heterocycles. The molecule has 3 rings (SSSR count). The van der Waals surface area contributed by atoms with E-state index in [0.717, 1.165) is 6.04 Å². The summed E-state index contributed by atoms with van der Waals surface area (Å²) in [6.07, 6.45) is 9.43. The molecule has 98 valence electrons. The minimum absolute atomic E-state index is 0.870. The van der Waals surface area contributed by atoms with Crippen LogP contribution in [-0.2, 0) is 12.8 Å². The van der Waals surface area contributed by atoms with E-state index in [1.807, 2.05) is 11.8 Å². The minimum Gasteiger partial charge on any atom is -0.314 e. The Hall–Kier alpha value is -0.470. The van der Waals surface area contributed by atoms with Gasteiger partial charge in [0.1, 0.15) is 0 Å². The van der Waals surface area contributed by atoms with Gasteiger partial charge in [0.15, 0.2) is 0 Å². The van der Waals surface area contributed by atoms with Crippen LogP contribution in [-0.4, -0.2) is 18.3 Å². The molecule has 0 radical (unpaired) electrons. The minimum atomic E-state index is 0.870. The zero-order valence-electron chi connectivity index (χ0n) is 11.1. The molecule has 0 spiro atoms. The SMILES string of the molecule is c1cc2c(cc1SCCCCNC1CC1)CCC2. The van der Waals surface area contributed by atoms with Crippen LogP contribution in [0, 0.1) is 0 Å². The number of aryl methyl sites for hydroxylation is 2. The number of nitrogens with one attached hydrogen (secondary N) is 1.